The van der Waals surface area contributed by atoms with Gasteiger partial charge in [-0.2, -0.15) is 0 Å². The van der Waals surface area contributed by atoms with Gasteiger partial charge in [-0.15, -0.1) is 11.3 Å². The smallest absolute Gasteiger partial charge is 0.407 e. The van der Waals surface area contributed by atoms with Crippen molar-refractivity contribution >= 4 is 28.9 Å². The molecule has 0 atom stereocenters. The molecular formula is C21H18N4O4S. The van der Waals surface area contributed by atoms with E-state index in [1.807, 2.05) is 42.5 Å². The van der Waals surface area contributed by atoms with Crippen LogP contribution in [0.3, 0.4) is 0 Å². The van der Waals surface area contributed by atoms with Gasteiger partial charge in [-0.3, -0.25) is 10.1 Å². The summed E-state index contributed by atoms with van der Waals surface area (Å²) in [5.41, 5.74) is 0.866. The first-order valence-electron chi connectivity index (χ1n) is 9.01. The van der Waals surface area contributed by atoms with Crippen LogP contribution in [0.15, 0.2) is 60.8 Å². The van der Waals surface area contributed by atoms with E-state index in [1.54, 1.807) is 0 Å². The molecule has 0 aliphatic heterocycles. The molecule has 3 rings (SSSR count). The molecule has 0 radical (unpaired) electrons. The minimum atomic E-state index is -0.529. The first-order chi connectivity index (χ1) is 14.6. The fourth-order valence-corrected chi connectivity index (χ4v) is 3.09. The monoisotopic (exact) mass is 422 g/mol. The Bertz CT molecular complexity index is 1060. The van der Waals surface area contributed by atoms with Gasteiger partial charge in [0.2, 0.25) is 0 Å². The van der Waals surface area contributed by atoms with Gasteiger partial charge in [0.25, 0.3) is 5.69 Å². The summed E-state index contributed by atoms with van der Waals surface area (Å²) in [5, 5.41) is 16.2. The molecule has 30 heavy (non-hydrogen) atoms. The number of aromatic nitrogens is 1. The maximum absolute atomic E-state index is 11.8. The number of nitro groups is 1. The first-order valence-corrected chi connectivity index (χ1v) is 9.82. The van der Waals surface area contributed by atoms with Gasteiger partial charge in [-0.05, 0) is 30.3 Å². The lowest BCUT2D eigenvalue weighted by Crippen LogP contribution is -2.29. The third-order valence-corrected chi connectivity index (χ3v) is 4.74. The van der Waals surface area contributed by atoms with Gasteiger partial charge >= 0.3 is 6.09 Å². The predicted octanol–water partition coefficient (Wildman–Crippen LogP) is 3.79. The summed E-state index contributed by atoms with van der Waals surface area (Å²) in [6.07, 6.45) is 0.641. The summed E-state index contributed by atoms with van der Waals surface area (Å²) >= 11 is 1.48. The highest BCUT2D eigenvalue weighted by Crippen LogP contribution is 2.16. The fourth-order valence-electron chi connectivity index (χ4n) is 2.32. The van der Waals surface area contributed by atoms with Crippen LogP contribution in [0, 0.1) is 22.0 Å². The van der Waals surface area contributed by atoms with Crippen molar-refractivity contribution in [2.45, 2.75) is 6.61 Å². The Balaban J connectivity index is 1.35. The van der Waals surface area contributed by atoms with Crippen LogP contribution in [0.25, 0.3) is 0 Å². The zero-order valence-electron chi connectivity index (χ0n) is 15.8. The van der Waals surface area contributed by atoms with Crippen LogP contribution in [-0.2, 0) is 11.3 Å². The van der Waals surface area contributed by atoms with E-state index in [0.717, 1.165) is 15.3 Å². The minimum absolute atomic E-state index is 0.0787. The van der Waals surface area contributed by atoms with Crippen LogP contribution >= 0.6 is 11.3 Å². The zero-order chi connectivity index (χ0) is 21.2. The number of nitrogens with zero attached hydrogens (tertiary/aromatic N) is 2. The number of carbonyl (C=O) groups is 1. The standard InChI is InChI=1S/C21H18N4O4S/c26-21(23-13-12-22-20-11-7-17(14-24-20)25(27)28)29-15-19-10-9-18(30-19)8-6-16-4-2-1-3-5-16/h1-5,7,9-11,14H,12-13,15H2,(H,22,24)(H,23,26). The third kappa shape index (κ3) is 6.61. The summed E-state index contributed by atoms with van der Waals surface area (Å²) in [4.78, 5) is 27.6. The number of hydrogen-bond acceptors (Lipinski definition) is 7. The van der Waals surface area contributed by atoms with E-state index in [-0.39, 0.29) is 12.3 Å². The van der Waals surface area contributed by atoms with Gasteiger partial charge < -0.3 is 15.4 Å². The van der Waals surface area contributed by atoms with E-state index in [1.165, 1.54) is 29.7 Å². The Morgan fingerprint density at radius 1 is 1.10 bits per heavy atom. The Morgan fingerprint density at radius 3 is 2.67 bits per heavy atom. The summed E-state index contributed by atoms with van der Waals surface area (Å²) < 4.78 is 5.19. The Hall–Kier alpha value is -3.90. The topological polar surface area (TPSA) is 106 Å². The number of nitrogens with one attached hydrogen (secondary N) is 2. The molecule has 0 aliphatic carbocycles. The second kappa shape index (κ2) is 10.6. The van der Waals surface area contributed by atoms with Crippen molar-refractivity contribution < 1.29 is 14.5 Å². The van der Waals surface area contributed by atoms with Crippen LogP contribution in [0.2, 0.25) is 0 Å². The lowest BCUT2D eigenvalue weighted by molar-refractivity contribution is -0.385. The molecule has 0 saturated heterocycles. The van der Waals surface area contributed by atoms with Gasteiger partial charge in [0.05, 0.1) is 9.80 Å². The third-order valence-electron chi connectivity index (χ3n) is 3.77. The van der Waals surface area contributed by atoms with Crippen LogP contribution in [0.1, 0.15) is 15.3 Å². The minimum Gasteiger partial charge on any atom is -0.444 e. The number of rotatable bonds is 7. The highest BCUT2D eigenvalue weighted by atomic mass is 32.1. The van der Waals surface area contributed by atoms with Crippen LogP contribution in [-0.4, -0.2) is 29.1 Å². The molecule has 1 aromatic carbocycles. The molecule has 3 aromatic rings. The number of ether oxygens (including phenoxy) is 1. The maximum atomic E-state index is 11.8. The van der Waals surface area contributed by atoms with E-state index in [0.29, 0.717) is 18.9 Å². The van der Waals surface area contributed by atoms with Crippen molar-refractivity contribution in [2.75, 3.05) is 18.4 Å². The average molecular weight is 422 g/mol. The summed E-state index contributed by atoms with van der Waals surface area (Å²) in [5.74, 6) is 6.67. The van der Waals surface area contributed by atoms with Crippen molar-refractivity contribution in [3.8, 4) is 11.8 Å². The predicted molar refractivity (Wildman–Crippen MR) is 114 cm³/mol. The molecule has 0 fully saturated rings. The van der Waals surface area contributed by atoms with Crippen molar-refractivity contribution in [3.63, 3.8) is 0 Å². The van der Waals surface area contributed by atoms with Gasteiger partial charge in [0.15, 0.2) is 0 Å². The number of hydrogen-bond donors (Lipinski definition) is 2. The molecule has 0 aliphatic rings. The van der Waals surface area contributed by atoms with Crippen molar-refractivity contribution in [2.24, 2.45) is 0 Å². The Labute approximate surface area is 177 Å². The molecule has 9 heteroatoms. The highest BCUT2D eigenvalue weighted by Gasteiger charge is 2.06. The van der Waals surface area contributed by atoms with E-state index in [2.05, 4.69) is 27.5 Å². The first kappa shape index (κ1) is 20.8. The fraction of sp³-hybridized carbons (Fsp3) is 0.143. The Kier molecular flexibility index (Phi) is 7.35. The molecule has 0 spiro atoms. The van der Waals surface area contributed by atoms with Crippen molar-refractivity contribution in [1.82, 2.24) is 10.3 Å². The van der Waals surface area contributed by atoms with Gasteiger partial charge in [0.1, 0.15) is 18.6 Å². The number of amides is 1. The molecule has 2 heterocycles. The molecule has 0 bridgehead atoms. The number of alkyl carbamates (subject to hydrolysis) is 1. The molecule has 0 saturated carbocycles. The number of pyridine rings is 1. The number of carbonyl (C=O) groups excluding carboxylic acids is 1. The quantitative estimate of drug-likeness (QED) is 0.260. The number of thiophene rings is 1. The van der Waals surface area contributed by atoms with Crippen molar-refractivity contribution in [1.29, 1.82) is 0 Å². The van der Waals surface area contributed by atoms with Gasteiger partial charge in [0, 0.05) is 29.6 Å². The molecule has 152 valence electrons. The summed E-state index contributed by atoms with van der Waals surface area (Å²) in [6.45, 7) is 0.884. The van der Waals surface area contributed by atoms with Gasteiger partial charge in [-0.1, -0.05) is 30.0 Å². The second-order valence-electron chi connectivity index (χ2n) is 5.97. The number of anilines is 1. The van der Waals surface area contributed by atoms with Crippen LogP contribution in [0.5, 0.6) is 0 Å². The summed E-state index contributed by atoms with van der Waals surface area (Å²) in [6, 6.07) is 16.4. The van der Waals surface area contributed by atoms with Gasteiger partial charge in [-0.25, -0.2) is 9.78 Å². The molecule has 0 unspecified atom stereocenters. The average Bonchev–Trinajstić information content (AvgIpc) is 3.23. The zero-order valence-corrected chi connectivity index (χ0v) is 16.6. The largest absolute Gasteiger partial charge is 0.444 e. The molecular weight excluding hydrogens is 404 g/mol. The van der Waals surface area contributed by atoms with Crippen LogP contribution < -0.4 is 10.6 Å². The Morgan fingerprint density at radius 2 is 1.93 bits per heavy atom. The summed E-state index contributed by atoms with van der Waals surface area (Å²) in [7, 11) is 0. The van der Waals surface area contributed by atoms with E-state index >= 15 is 0 Å². The second-order valence-corrected chi connectivity index (χ2v) is 7.14. The highest BCUT2D eigenvalue weighted by molar-refractivity contribution is 7.12. The molecule has 8 nitrogen and oxygen atoms in total. The lowest BCUT2D eigenvalue weighted by atomic mass is 10.2. The normalized spacial score (nSPS) is 9.87. The van der Waals surface area contributed by atoms with Crippen molar-refractivity contribution in [3.05, 3.63) is 86.2 Å². The lowest BCUT2D eigenvalue weighted by Gasteiger charge is -2.07. The van der Waals surface area contributed by atoms with E-state index in [4.69, 9.17) is 4.74 Å². The maximum Gasteiger partial charge on any atom is 0.407 e. The van der Waals surface area contributed by atoms with E-state index < -0.39 is 11.0 Å². The van der Waals surface area contributed by atoms with E-state index in [9.17, 15) is 14.9 Å². The van der Waals surface area contributed by atoms with Crippen LogP contribution in [0.4, 0.5) is 16.3 Å². The number of benzene rings is 1. The molecule has 2 N–H and O–H groups in total. The SMILES string of the molecule is O=C(NCCNc1ccc([N+](=O)[O-])cn1)OCc1ccc(C#Cc2ccccc2)s1. The molecule has 2 aromatic heterocycles. The molecule has 1 amide bonds.